The van der Waals surface area contributed by atoms with Gasteiger partial charge in [0.15, 0.2) is 9.84 Å². The Labute approximate surface area is 107 Å². The lowest BCUT2D eigenvalue weighted by atomic mass is 10.0. The molecule has 0 amide bonds. The minimum Gasteiger partial charge on any atom is -0.316 e. The lowest BCUT2D eigenvalue weighted by Gasteiger charge is -2.09. The van der Waals surface area contributed by atoms with Gasteiger partial charge in [-0.1, -0.05) is 0 Å². The maximum Gasteiger partial charge on any atom is 0.160 e. The summed E-state index contributed by atoms with van der Waals surface area (Å²) in [6, 6.07) is 0. The molecule has 2 aliphatic heterocycles. The van der Waals surface area contributed by atoms with Crippen LogP contribution < -0.4 is 5.32 Å². The van der Waals surface area contributed by atoms with Crippen molar-refractivity contribution < 1.29 is 8.42 Å². The second-order valence-electron chi connectivity index (χ2n) is 5.25. The Bertz CT molecular complexity index is 577. The fourth-order valence-electron chi connectivity index (χ4n) is 2.74. The van der Waals surface area contributed by atoms with Crippen molar-refractivity contribution in [1.82, 2.24) is 15.3 Å². The highest BCUT2D eigenvalue weighted by Crippen LogP contribution is 2.26. The van der Waals surface area contributed by atoms with Crippen molar-refractivity contribution in [1.29, 1.82) is 0 Å². The summed E-state index contributed by atoms with van der Waals surface area (Å²) in [5, 5.41) is 3.32. The van der Waals surface area contributed by atoms with Crippen LogP contribution >= 0.6 is 0 Å². The van der Waals surface area contributed by atoms with Crippen LogP contribution in [0.15, 0.2) is 0 Å². The van der Waals surface area contributed by atoms with E-state index in [4.69, 9.17) is 0 Å². The number of rotatable bonds is 2. The van der Waals surface area contributed by atoms with Gasteiger partial charge in [0.1, 0.15) is 5.82 Å². The maximum atomic E-state index is 11.6. The number of nitrogens with one attached hydrogen (secondary N) is 1. The molecule has 0 radical (unpaired) electrons. The van der Waals surface area contributed by atoms with Crippen LogP contribution in [-0.2, 0) is 27.8 Å². The van der Waals surface area contributed by atoms with Crippen LogP contribution in [0, 0.1) is 12.8 Å². The normalized spacial score (nSPS) is 25.3. The minimum atomic E-state index is -2.99. The molecule has 1 fully saturated rings. The van der Waals surface area contributed by atoms with Crippen molar-refractivity contribution in [2.24, 2.45) is 5.92 Å². The Morgan fingerprint density at radius 2 is 2.17 bits per heavy atom. The molecule has 0 saturated carbocycles. The van der Waals surface area contributed by atoms with Crippen molar-refractivity contribution in [2.75, 3.05) is 13.1 Å². The molecule has 5 nitrogen and oxygen atoms in total. The predicted octanol–water partition coefficient (Wildman–Crippen LogP) is 0.365. The fourth-order valence-corrected chi connectivity index (χ4v) is 4.32. The Balaban J connectivity index is 1.88. The molecule has 1 atom stereocenters. The molecule has 0 aliphatic carbocycles. The van der Waals surface area contributed by atoms with E-state index in [1.54, 1.807) is 0 Å². The zero-order valence-corrected chi connectivity index (χ0v) is 11.3. The number of hydrogen-bond donors (Lipinski definition) is 1. The maximum absolute atomic E-state index is 11.6. The largest absolute Gasteiger partial charge is 0.316 e. The van der Waals surface area contributed by atoms with Gasteiger partial charge in [-0.15, -0.1) is 0 Å². The number of aryl methyl sites for hydroxylation is 1. The van der Waals surface area contributed by atoms with Gasteiger partial charge in [0, 0.05) is 17.7 Å². The average molecular weight is 267 g/mol. The molecule has 3 heterocycles. The lowest BCUT2D eigenvalue weighted by Crippen LogP contribution is -2.13. The number of fused-ring (bicyclic) bond motifs is 1. The molecule has 6 heteroatoms. The first-order valence-corrected chi connectivity index (χ1v) is 8.12. The summed E-state index contributed by atoms with van der Waals surface area (Å²) in [7, 11) is -2.99. The molecule has 98 valence electrons. The summed E-state index contributed by atoms with van der Waals surface area (Å²) in [6.07, 6.45) is 2.00. The first kappa shape index (κ1) is 12.0. The Morgan fingerprint density at radius 1 is 1.33 bits per heavy atom. The minimum absolute atomic E-state index is 0.0849. The quantitative estimate of drug-likeness (QED) is 0.838. The van der Waals surface area contributed by atoms with Crippen molar-refractivity contribution in [3.05, 3.63) is 22.8 Å². The third kappa shape index (κ3) is 2.27. The van der Waals surface area contributed by atoms with Gasteiger partial charge in [-0.3, -0.25) is 0 Å². The smallest absolute Gasteiger partial charge is 0.160 e. The lowest BCUT2D eigenvalue weighted by molar-refractivity contribution is 0.558. The highest BCUT2D eigenvalue weighted by atomic mass is 32.2. The number of sulfone groups is 1. The standard InChI is InChI=1S/C12H17N3O2S/c1-8-10-6-18(16,17)7-11(10)15-12(14-8)4-9-2-3-13-5-9/h9,13H,2-7H2,1H3. The molecule has 0 aromatic carbocycles. The van der Waals surface area contributed by atoms with Gasteiger partial charge in [0.25, 0.3) is 0 Å². The molecule has 1 aromatic heterocycles. The van der Waals surface area contributed by atoms with Gasteiger partial charge in [-0.05, 0) is 32.4 Å². The van der Waals surface area contributed by atoms with E-state index in [2.05, 4.69) is 15.3 Å². The van der Waals surface area contributed by atoms with Crippen molar-refractivity contribution in [2.45, 2.75) is 31.3 Å². The predicted molar refractivity (Wildman–Crippen MR) is 67.8 cm³/mol. The summed E-state index contributed by atoms with van der Waals surface area (Å²) in [5.41, 5.74) is 2.38. The molecule has 1 N–H and O–H groups in total. The van der Waals surface area contributed by atoms with E-state index in [1.807, 2.05) is 6.92 Å². The van der Waals surface area contributed by atoms with E-state index < -0.39 is 9.84 Å². The van der Waals surface area contributed by atoms with Gasteiger partial charge >= 0.3 is 0 Å². The first-order chi connectivity index (χ1) is 8.53. The summed E-state index contributed by atoms with van der Waals surface area (Å²) >= 11 is 0. The molecule has 1 aromatic rings. The molecule has 0 spiro atoms. The van der Waals surface area contributed by atoms with Crippen molar-refractivity contribution in [3.63, 3.8) is 0 Å². The molecule has 0 bridgehead atoms. The fraction of sp³-hybridized carbons (Fsp3) is 0.667. The highest BCUT2D eigenvalue weighted by molar-refractivity contribution is 7.90. The number of hydrogen-bond acceptors (Lipinski definition) is 5. The number of aromatic nitrogens is 2. The summed E-state index contributed by atoms with van der Waals surface area (Å²) < 4.78 is 23.2. The topological polar surface area (TPSA) is 72.0 Å². The van der Waals surface area contributed by atoms with E-state index in [9.17, 15) is 8.42 Å². The zero-order valence-electron chi connectivity index (χ0n) is 10.4. The second kappa shape index (κ2) is 4.28. The van der Waals surface area contributed by atoms with Gasteiger partial charge in [0.05, 0.1) is 17.2 Å². The molecule has 2 aliphatic rings. The van der Waals surface area contributed by atoms with Crippen LogP contribution in [0.5, 0.6) is 0 Å². The molecule has 1 saturated heterocycles. The molecule has 1 unspecified atom stereocenters. The second-order valence-corrected chi connectivity index (χ2v) is 7.31. The SMILES string of the molecule is Cc1nc(CC2CCNC2)nc2c1CS(=O)(=O)C2. The van der Waals surface area contributed by atoms with Crippen LogP contribution in [-0.4, -0.2) is 31.5 Å². The van der Waals surface area contributed by atoms with E-state index in [0.717, 1.165) is 48.7 Å². The van der Waals surface area contributed by atoms with Gasteiger partial charge in [-0.25, -0.2) is 18.4 Å². The van der Waals surface area contributed by atoms with E-state index in [1.165, 1.54) is 0 Å². The third-order valence-electron chi connectivity index (χ3n) is 3.70. The number of nitrogens with zero attached hydrogens (tertiary/aromatic N) is 2. The molecular formula is C12H17N3O2S. The van der Waals surface area contributed by atoms with Crippen molar-refractivity contribution >= 4 is 9.84 Å². The van der Waals surface area contributed by atoms with Gasteiger partial charge < -0.3 is 5.32 Å². The van der Waals surface area contributed by atoms with E-state index in [0.29, 0.717) is 5.92 Å². The van der Waals surface area contributed by atoms with Crippen LogP contribution in [0.4, 0.5) is 0 Å². The van der Waals surface area contributed by atoms with E-state index >= 15 is 0 Å². The van der Waals surface area contributed by atoms with Crippen LogP contribution in [0.3, 0.4) is 0 Å². The third-order valence-corrected chi connectivity index (χ3v) is 5.14. The van der Waals surface area contributed by atoms with Gasteiger partial charge in [0.2, 0.25) is 0 Å². The zero-order chi connectivity index (χ0) is 12.8. The van der Waals surface area contributed by atoms with E-state index in [-0.39, 0.29) is 11.5 Å². The average Bonchev–Trinajstić information content (AvgIpc) is 2.85. The summed E-state index contributed by atoms with van der Waals surface area (Å²) in [4.78, 5) is 8.93. The Hall–Kier alpha value is -1.01. The summed E-state index contributed by atoms with van der Waals surface area (Å²) in [6.45, 7) is 3.96. The summed E-state index contributed by atoms with van der Waals surface area (Å²) in [5.74, 6) is 1.58. The highest BCUT2D eigenvalue weighted by Gasteiger charge is 2.29. The van der Waals surface area contributed by atoms with Crippen LogP contribution in [0.1, 0.15) is 29.2 Å². The molecule has 3 rings (SSSR count). The van der Waals surface area contributed by atoms with Crippen molar-refractivity contribution in [3.8, 4) is 0 Å². The van der Waals surface area contributed by atoms with Crippen LogP contribution in [0.2, 0.25) is 0 Å². The molecular weight excluding hydrogens is 250 g/mol. The Kier molecular flexibility index (Phi) is 2.86. The molecule has 18 heavy (non-hydrogen) atoms. The monoisotopic (exact) mass is 267 g/mol. The van der Waals surface area contributed by atoms with Gasteiger partial charge in [-0.2, -0.15) is 0 Å². The Morgan fingerprint density at radius 3 is 2.89 bits per heavy atom. The first-order valence-electron chi connectivity index (χ1n) is 6.30. The van der Waals surface area contributed by atoms with Crippen LogP contribution in [0.25, 0.3) is 0 Å².